The molecule has 2 amide bonds. The number of aryl methyl sites for hydroxylation is 2. The van der Waals surface area contributed by atoms with Crippen LogP contribution < -0.4 is 10.9 Å². The molecule has 0 aliphatic carbocycles. The van der Waals surface area contributed by atoms with Crippen LogP contribution in [0.4, 0.5) is 14.9 Å². The molecule has 7 nitrogen and oxygen atoms in total. The molecular weight excluding hydrogens is 471 g/mol. The van der Waals surface area contributed by atoms with Gasteiger partial charge in [-0.2, -0.15) is 0 Å². The molecule has 0 radical (unpaired) electrons. The number of amides is 2. The molecule has 1 atom stereocenters. The van der Waals surface area contributed by atoms with Gasteiger partial charge in [-0.3, -0.25) is 9.36 Å². The number of urea groups is 1. The number of fused-ring (bicyclic) bond motifs is 1. The van der Waals surface area contributed by atoms with Crippen LogP contribution in [0.1, 0.15) is 36.3 Å². The van der Waals surface area contributed by atoms with Gasteiger partial charge in [0.2, 0.25) is 0 Å². The van der Waals surface area contributed by atoms with Gasteiger partial charge >= 0.3 is 6.03 Å². The Morgan fingerprint density at radius 1 is 1.11 bits per heavy atom. The van der Waals surface area contributed by atoms with Gasteiger partial charge in [0.1, 0.15) is 11.6 Å². The summed E-state index contributed by atoms with van der Waals surface area (Å²) in [5.74, 6) is -0.0147. The maximum atomic E-state index is 13.8. The van der Waals surface area contributed by atoms with Crippen LogP contribution >= 0.6 is 0 Å². The van der Waals surface area contributed by atoms with Crippen molar-refractivity contribution in [1.29, 1.82) is 0 Å². The minimum atomic E-state index is -0.594. The number of halogens is 1. The zero-order valence-corrected chi connectivity index (χ0v) is 21.5. The van der Waals surface area contributed by atoms with Crippen LogP contribution in [0.2, 0.25) is 0 Å². The van der Waals surface area contributed by atoms with Gasteiger partial charge in [-0.25, -0.2) is 14.2 Å². The summed E-state index contributed by atoms with van der Waals surface area (Å²) in [5, 5.41) is 3.28. The number of hydrogen-bond donors (Lipinski definition) is 1. The first-order valence-electron chi connectivity index (χ1n) is 12.2. The van der Waals surface area contributed by atoms with Crippen molar-refractivity contribution in [2.24, 2.45) is 0 Å². The van der Waals surface area contributed by atoms with E-state index in [0.29, 0.717) is 47.7 Å². The van der Waals surface area contributed by atoms with Gasteiger partial charge in [-0.05, 0) is 69.2 Å². The van der Waals surface area contributed by atoms with E-state index in [2.05, 4.69) is 5.32 Å². The maximum absolute atomic E-state index is 13.8. The number of ether oxygens (including phenoxy) is 1. The van der Waals surface area contributed by atoms with E-state index in [0.717, 1.165) is 11.1 Å². The highest BCUT2D eigenvalue weighted by Gasteiger charge is 2.27. The second kappa shape index (κ2) is 11.3. The predicted molar refractivity (Wildman–Crippen MR) is 144 cm³/mol. The van der Waals surface area contributed by atoms with E-state index in [1.54, 1.807) is 34.8 Å². The zero-order valence-electron chi connectivity index (χ0n) is 21.5. The number of hydrogen-bond acceptors (Lipinski definition) is 4. The highest BCUT2D eigenvalue weighted by molar-refractivity contribution is 5.89. The second-order valence-electron chi connectivity index (χ2n) is 9.07. The summed E-state index contributed by atoms with van der Waals surface area (Å²) < 4.78 is 20.6. The highest BCUT2D eigenvalue weighted by Crippen LogP contribution is 2.26. The van der Waals surface area contributed by atoms with Crippen LogP contribution in [0.25, 0.3) is 16.6 Å². The number of methoxy groups -OCH3 is 1. The monoisotopic (exact) mass is 502 g/mol. The third-order valence-electron chi connectivity index (χ3n) is 6.32. The highest BCUT2D eigenvalue weighted by atomic mass is 19.1. The molecule has 4 aromatic rings. The Morgan fingerprint density at radius 3 is 2.62 bits per heavy atom. The van der Waals surface area contributed by atoms with Gasteiger partial charge in [0.25, 0.3) is 5.56 Å². The third kappa shape index (κ3) is 5.70. The largest absolute Gasteiger partial charge is 0.385 e. The Morgan fingerprint density at radius 2 is 1.89 bits per heavy atom. The number of benzene rings is 3. The quantitative estimate of drug-likeness (QED) is 0.310. The normalized spacial score (nSPS) is 11.9. The lowest BCUT2D eigenvalue weighted by atomic mass is 10.1. The van der Waals surface area contributed by atoms with Crippen LogP contribution in [0, 0.1) is 19.7 Å². The van der Waals surface area contributed by atoms with Crippen LogP contribution in [0.3, 0.4) is 0 Å². The number of aromatic nitrogens is 2. The molecule has 0 saturated carbocycles. The fraction of sp³-hybridized carbons (Fsp3) is 0.276. The predicted octanol–water partition coefficient (Wildman–Crippen LogP) is 5.77. The topological polar surface area (TPSA) is 76.5 Å². The molecule has 1 N–H and O–H groups in total. The number of para-hydroxylation sites is 1. The molecule has 0 aliphatic rings. The molecule has 3 aromatic carbocycles. The second-order valence-corrected chi connectivity index (χ2v) is 9.07. The van der Waals surface area contributed by atoms with Crippen molar-refractivity contribution >= 4 is 22.6 Å². The molecular formula is C29H31FN4O3. The molecule has 0 saturated heterocycles. The van der Waals surface area contributed by atoms with Crippen molar-refractivity contribution in [3.05, 3.63) is 99.9 Å². The van der Waals surface area contributed by atoms with Gasteiger partial charge < -0.3 is 15.0 Å². The minimum Gasteiger partial charge on any atom is -0.385 e. The van der Waals surface area contributed by atoms with Crippen LogP contribution in [-0.2, 0) is 4.74 Å². The van der Waals surface area contributed by atoms with E-state index < -0.39 is 17.9 Å². The van der Waals surface area contributed by atoms with Gasteiger partial charge in [0.15, 0.2) is 0 Å². The van der Waals surface area contributed by atoms with E-state index >= 15 is 0 Å². The molecule has 0 spiro atoms. The lowest BCUT2D eigenvalue weighted by molar-refractivity contribution is 0.159. The summed E-state index contributed by atoms with van der Waals surface area (Å²) >= 11 is 0. The Hall–Kier alpha value is -4.04. The van der Waals surface area contributed by atoms with Crippen molar-refractivity contribution in [3.8, 4) is 5.69 Å². The summed E-state index contributed by atoms with van der Waals surface area (Å²) in [4.78, 5) is 33.8. The Bertz CT molecular complexity index is 1480. The summed E-state index contributed by atoms with van der Waals surface area (Å²) in [5.41, 5.74) is 3.39. The SMILES string of the molecule is COCCCN(C(=O)Nc1cccc(F)c1)C(C)c1nc2ccccc2c(=O)n1-c1ccc(C)cc1C. The van der Waals surface area contributed by atoms with Gasteiger partial charge in [0, 0.05) is 25.9 Å². The fourth-order valence-electron chi connectivity index (χ4n) is 4.47. The molecule has 0 fully saturated rings. The van der Waals surface area contributed by atoms with Crippen molar-refractivity contribution in [2.45, 2.75) is 33.2 Å². The van der Waals surface area contributed by atoms with Crippen molar-refractivity contribution in [2.75, 3.05) is 25.6 Å². The summed E-state index contributed by atoms with van der Waals surface area (Å²) in [6, 6.07) is 17.8. The van der Waals surface area contributed by atoms with Crippen LogP contribution in [-0.4, -0.2) is 40.7 Å². The first kappa shape index (κ1) is 26.0. The van der Waals surface area contributed by atoms with E-state index in [1.165, 1.54) is 18.2 Å². The molecule has 192 valence electrons. The average molecular weight is 503 g/mol. The molecule has 1 heterocycles. The lowest BCUT2D eigenvalue weighted by Gasteiger charge is -2.31. The van der Waals surface area contributed by atoms with E-state index in [4.69, 9.17) is 9.72 Å². The number of nitrogens with zero attached hydrogens (tertiary/aromatic N) is 3. The Balaban J connectivity index is 1.84. The number of nitrogens with one attached hydrogen (secondary N) is 1. The first-order valence-corrected chi connectivity index (χ1v) is 12.2. The fourth-order valence-corrected chi connectivity index (χ4v) is 4.47. The number of carbonyl (C=O) groups excluding carboxylic acids is 1. The smallest absolute Gasteiger partial charge is 0.322 e. The summed E-state index contributed by atoms with van der Waals surface area (Å²) in [7, 11) is 1.60. The third-order valence-corrected chi connectivity index (χ3v) is 6.32. The Kier molecular flexibility index (Phi) is 7.98. The molecule has 1 aromatic heterocycles. The molecule has 4 rings (SSSR count). The van der Waals surface area contributed by atoms with Crippen LogP contribution in [0.15, 0.2) is 71.5 Å². The standard InChI is InChI=1S/C29H31FN4O3/c1-19-13-14-26(20(2)17-19)34-27(32-25-12-6-5-11-24(25)28(34)35)21(3)33(15-8-16-37-4)29(36)31-23-10-7-9-22(30)18-23/h5-7,9-14,17-18,21H,8,15-16H2,1-4H3,(H,31,36). The maximum Gasteiger partial charge on any atom is 0.322 e. The summed E-state index contributed by atoms with van der Waals surface area (Å²) in [6.07, 6.45) is 0.568. The molecule has 0 bridgehead atoms. The molecule has 8 heteroatoms. The van der Waals surface area contributed by atoms with Gasteiger partial charge in [-0.1, -0.05) is 35.9 Å². The first-order chi connectivity index (χ1) is 17.8. The van der Waals surface area contributed by atoms with Crippen molar-refractivity contribution < 1.29 is 13.9 Å². The lowest BCUT2D eigenvalue weighted by Crippen LogP contribution is -2.40. The minimum absolute atomic E-state index is 0.207. The van der Waals surface area contributed by atoms with Crippen molar-refractivity contribution in [3.63, 3.8) is 0 Å². The average Bonchev–Trinajstić information content (AvgIpc) is 2.87. The molecule has 1 unspecified atom stereocenters. The van der Waals surface area contributed by atoms with E-state index in [9.17, 15) is 14.0 Å². The number of anilines is 1. The van der Waals surface area contributed by atoms with E-state index in [1.807, 2.05) is 51.1 Å². The van der Waals surface area contributed by atoms with Gasteiger partial charge in [0.05, 0.1) is 22.6 Å². The van der Waals surface area contributed by atoms with E-state index in [-0.39, 0.29) is 5.56 Å². The molecule has 0 aliphatic heterocycles. The Labute approximate surface area is 215 Å². The molecule has 37 heavy (non-hydrogen) atoms. The van der Waals surface area contributed by atoms with Crippen molar-refractivity contribution in [1.82, 2.24) is 14.5 Å². The number of carbonyl (C=O) groups is 1. The zero-order chi connectivity index (χ0) is 26.5. The number of rotatable bonds is 8. The van der Waals surface area contributed by atoms with Crippen LogP contribution in [0.5, 0.6) is 0 Å². The van der Waals surface area contributed by atoms with Gasteiger partial charge in [-0.15, -0.1) is 0 Å². The summed E-state index contributed by atoms with van der Waals surface area (Å²) in [6.45, 7) is 6.58.